The average molecular weight is 474 g/mol. The number of aromatic hydroxyl groups is 1. The van der Waals surface area contributed by atoms with Crippen LogP contribution in [-0.4, -0.2) is 35.8 Å². The second-order valence-electron chi connectivity index (χ2n) is 9.81. The number of ketones is 1. The second-order valence-corrected chi connectivity index (χ2v) is 9.81. The van der Waals surface area contributed by atoms with Gasteiger partial charge in [0.1, 0.15) is 23.5 Å². The third-order valence-electron chi connectivity index (χ3n) is 7.57. The molecular weight excluding hydrogens is 442 g/mol. The number of methoxy groups -OCH3 is 1. The first kappa shape index (κ1) is 23.3. The molecule has 6 nitrogen and oxygen atoms in total. The minimum absolute atomic E-state index is 0.0139. The van der Waals surface area contributed by atoms with E-state index < -0.39 is 11.8 Å². The molecule has 0 saturated heterocycles. The lowest BCUT2D eigenvalue weighted by Crippen LogP contribution is -2.39. The summed E-state index contributed by atoms with van der Waals surface area (Å²) in [6.07, 6.45) is 4.83. The van der Waals surface area contributed by atoms with Gasteiger partial charge in [-0.25, -0.2) is 0 Å². The molecule has 3 atom stereocenters. The molecule has 1 aliphatic heterocycles. The average Bonchev–Trinajstić information content (AvgIpc) is 3.36. The first-order chi connectivity index (χ1) is 16.9. The molecule has 35 heavy (non-hydrogen) atoms. The first-order valence-corrected chi connectivity index (χ1v) is 12.4. The van der Waals surface area contributed by atoms with E-state index in [1.54, 1.807) is 31.4 Å². The van der Waals surface area contributed by atoms with Gasteiger partial charge in [-0.1, -0.05) is 24.3 Å². The van der Waals surface area contributed by atoms with Gasteiger partial charge in [0.25, 0.3) is 0 Å². The minimum atomic E-state index is -0.652. The zero-order valence-corrected chi connectivity index (χ0v) is 20.2. The Balaban J connectivity index is 1.51. The summed E-state index contributed by atoms with van der Waals surface area (Å²) >= 11 is 0. The quantitative estimate of drug-likeness (QED) is 0.583. The zero-order chi connectivity index (χ0) is 24.5. The zero-order valence-electron chi connectivity index (χ0n) is 20.2. The first-order valence-electron chi connectivity index (χ1n) is 12.4. The lowest BCUT2D eigenvalue weighted by molar-refractivity contribution is -0.151. The number of rotatable bonds is 5. The molecule has 0 aromatic heterocycles. The summed E-state index contributed by atoms with van der Waals surface area (Å²) in [4.78, 5) is 31.9. The van der Waals surface area contributed by atoms with Crippen LogP contribution in [0.1, 0.15) is 68.4 Å². The number of nitrogens with zero attached hydrogens (tertiary/aromatic N) is 1. The highest BCUT2D eigenvalue weighted by atomic mass is 16.5. The fourth-order valence-corrected chi connectivity index (χ4v) is 5.76. The number of carbonyl (C=O) groups is 2. The number of hydrogen-bond donors (Lipinski definition) is 1. The highest BCUT2D eigenvalue weighted by Crippen LogP contribution is 2.47. The molecule has 6 heteroatoms. The molecule has 2 aliphatic carbocycles. The van der Waals surface area contributed by atoms with E-state index in [0.29, 0.717) is 24.1 Å². The fraction of sp³-hybridized carbons (Fsp3) is 0.414. The molecule has 0 radical (unpaired) electrons. The maximum Gasteiger partial charge on any atom is 0.315 e. The summed E-state index contributed by atoms with van der Waals surface area (Å²) in [5.74, 6) is -0.483. The van der Waals surface area contributed by atoms with Crippen LogP contribution < -0.4 is 4.74 Å². The molecule has 0 bridgehead atoms. The van der Waals surface area contributed by atoms with Crippen molar-refractivity contribution in [2.75, 3.05) is 7.11 Å². The Bertz CT molecular complexity index is 1170. The van der Waals surface area contributed by atoms with E-state index in [4.69, 9.17) is 14.5 Å². The van der Waals surface area contributed by atoms with Crippen LogP contribution in [0, 0.1) is 5.92 Å². The van der Waals surface area contributed by atoms with Crippen molar-refractivity contribution in [1.82, 2.24) is 0 Å². The smallest absolute Gasteiger partial charge is 0.315 e. The Morgan fingerprint density at radius 1 is 0.971 bits per heavy atom. The van der Waals surface area contributed by atoms with Crippen molar-refractivity contribution in [2.24, 2.45) is 10.9 Å². The lowest BCUT2D eigenvalue weighted by atomic mass is 9.69. The van der Waals surface area contributed by atoms with Gasteiger partial charge >= 0.3 is 5.97 Å². The van der Waals surface area contributed by atoms with E-state index >= 15 is 0 Å². The molecule has 2 aromatic carbocycles. The Hall–Kier alpha value is -3.41. The maximum absolute atomic E-state index is 13.7. The van der Waals surface area contributed by atoms with Crippen molar-refractivity contribution < 1.29 is 24.2 Å². The normalized spacial score (nSPS) is 24.7. The summed E-state index contributed by atoms with van der Waals surface area (Å²) in [6.45, 7) is 1.86. The minimum Gasteiger partial charge on any atom is -0.508 e. The predicted molar refractivity (Wildman–Crippen MR) is 133 cm³/mol. The monoisotopic (exact) mass is 473 g/mol. The van der Waals surface area contributed by atoms with Gasteiger partial charge in [-0.3, -0.25) is 14.6 Å². The largest absolute Gasteiger partial charge is 0.508 e. The van der Waals surface area contributed by atoms with Crippen molar-refractivity contribution in [2.45, 2.75) is 63.4 Å². The molecular formula is C29H31NO5. The number of hydrogen-bond acceptors (Lipinski definition) is 6. The number of phenols is 1. The fourth-order valence-electron chi connectivity index (χ4n) is 5.76. The molecule has 182 valence electrons. The van der Waals surface area contributed by atoms with E-state index in [-0.39, 0.29) is 29.5 Å². The van der Waals surface area contributed by atoms with Crippen molar-refractivity contribution >= 4 is 17.5 Å². The number of ether oxygens (including phenoxy) is 2. The standard InChI is InChI=1S/C29H31NO5/c1-17-26(29(33)35-23-5-3-4-6-23)27(19-7-11-21(31)12-8-19)28-24(30-17)15-20(16-25(28)32)18-9-13-22(34-2)14-10-18/h7-14,20,23,26-27,31H,3-6,15-16H2,1-2H3/t20-,26?,27-/m0/s1. The molecule has 5 rings (SSSR count). The molecule has 1 N–H and O–H groups in total. The summed E-state index contributed by atoms with van der Waals surface area (Å²) in [7, 11) is 1.63. The third kappa shape index (κ3) is 4.62. The molecule has 0 amide bonds. The van der Waals surface area contributed by atoms with Crippen molar-refractivity contribution in [3.63, 3.8) is 0 Å². The van der Waals surface area contributed by atoms with Gasteiger partial charge in [0, 0.05) is 29.3 Å². The molecule has 1 unspecified atom stereocenters. The van der Waals surface area contributed by atoms with E-state index in [1.807, 2.05) is 31.2 Å². The summed E-state index contributed by atoms with van der Waals surface area (Å²) < 4.78 is 11.2. The number of benzene rings is 2. The van der Waals surface area contributed by atoms with Gasteiger partial charge < -0.3 is 14.6 Å². The topological polar surface area (TPSA) is 85.2 Å². The van der Waals surface area contributed by atoms with Crippen LogP contribution >= 0.6 is 0 Å². The van der Waals surface area contributed by atoms with Crippen LogP contribution in [0.2, 0.25) is 0 Å². The molecule has 1 heterocycles. The van der Waals surface area contributed by atoms with Crippen molar-refractivity contribution in [3.8, 4) is 11.5 Å². The van der Waals surface area contributed by atoms with Gasteiger partial charge in [-0.2, -0.15) is 0 Å². The van der Waals surface area contributed by atoms with E-state index in [0.717, 1.165) is 48.3 Å². The lowest BCUT2D eigenvalue weighted by Gasteiger charge is -2.37. The maximum atomic E-state index is 13.7. The van der Waals surface area contributed by atoms with Gasteiger partial charge in [0.2, 0.25) is 0 Å². The van der Waals surface area contributed by atoms with E-state index in [1.165, 1.54) is 0 Å². The Labute approximate surface area is 205 Å². The molecule has 1 fully saturated rings. The van der Waals surface area contributed by atoms with Crippen LogP contribution in [0.15, 0.2) is 64.8 Å². The van der Waals surface area contributed by atoms with Gasteiger partial charge in [-0.05, 0) is 80.3 Å². The molecule has 0 spiro atoms. The van der Waals surface area contributed by atoms with Gasteiger partial charge in [0.05, 0.1) is 7.11 Å². The second kappa shape index (κ2) is 9.68. The Kier molecular flexibility index (Phi) is 6.46. The summed E-state index contributed by atoms with van der Waals surface area (Å²) in [6, 6.07) is 14.6. The number of aliphatic imine (C=N–C) groups is 1. The van der Waals surface area contributed by atoms with Crippen molar-refractivity contribution in [1.29, 1.82) is 0 Å². The molecule has 3 aliphatic rings. The van der Waals surface area contributed by atoms with Crippen LogP contribution in [0.25, 0.3) is 0 Å². The summed E-state index contributed by atoms with van der Waals surface area (Å²) in [5.41, 5.74) is 3.92. The Morgan fingerprint density at radius 2 is 1.63 bits per heavy atom. The molecule has 1 saturated carbocycles. The number of carbonyl (C=O) groups excluding carboxylic acids is 2. The highest BCUT2D eigenvalue weighted by molar-refractivity contribution is 6.09. The SMILES string of the molecule is COc1ccc([C@@H]2CC(=O)C3=C(C2)N=C(C)C(C(=O)OC2CCCC2)[C@@H]3c2ccc(O)cc2)cc1. The number of phenolic OH excluding ortho intramolecular Hbond substituents is 1. The van der Waals surface area contributed by atoms with Crippen LogP contribution in [0.3, 0.4) is 0 Å². The van der Waals surface area contributed by atoms with Crippen molar-refractivity contribution in [3.05, 3.63) is 70.9 Å². The number of esters is 1. The highest BCUT2D eigenvalue weighted by Gasteiger charge is 2.45. The van der Waals surface area contributed by atoms with Gasteiger partial charge in [-0.15, -0.1) is 0 Å². The number of Topliss-reactive ketones (excluding diaryl/α,β-unsaturated/α-hetero) is 1. The predicted octanol–water partition coefficient (Wildman–Crippen LogP) is 5.46. The number of allylic oxidation sites excluding steroid dienone is 2. The third-order valence-corrected chi connectivity index (χ3v) is 7.57. The van der Waals surface area contributed by atoms with Crippen LogP contribution in [0.5, 0.6) is 11.5 Å². The Morgan fingerprint density at radius 3 is 2.29 bits per heavy atom. The van der Waals surface area contributed by atoms with E-state index in [9.17, 15) is 14.7 Å². The van der Waals surface area contributed by atoms with Gasteiger partial charge in [0.15, 0.2) is 5.78 Å². The molecule has 2 aromatic rings. The van der Waals surface area contributed by atoms with Crippen LogP contribution in [-0.2, 0) is 14.3 Å². The summed E-state index contributed by atoms with van der Waals surface area (Å²) in [5, 5.41) is 9.85. The van der Waals surface area contributed by atoms with E-state index in [2.05, 4.69) is 0 Å². The van der Waals surface area contributed by atoms with Crippen LogP contribution in [0.4, 0.5) is 0 Å².